The second-order valence-electron chi connectivity index (χ2n) is 3.94. The van der Waals surface area contributed by atoms with E-state index in [2.05, 4.69) is 0 Å². The molecule has 0 spiro atoms. The van der Waals surface area contributed by atoms with Crippen LogP contribution in [-0.4, -0.2) is 36.1 Å². The van der Waals surface area contributed by atoms with Gasteiger partial charge in [0.05, 0.1) is 6.04 Å². The molecule has 3 heteroatoms. The predicted molar refractivity (Wildman–Crippen MR) is 50.5 cm³/mol. The molecule has 1 fully saturated rings. The largest absolute Gasteiger partial charge is 0.300 e. The molecule has 0 N–H and O–H groups in total. The number of ketones is 2. The summed E-state index contributed by atoms with van der Waals surface area (Å²) in [6, 6.07) is -0.0392. The van der Waals surface area contributed by atoms with Crippen molar-refractivity contribution in [2.24, 2.45) is 5.92 Å². The fraction of sp³-hybridized carbons (Fsp3) is 0.800. The first kappa shape index (κ1) is 10.4. The molecule has 0 aromatic heterocycles. The molecule has 1 aliphatic rings. The molecule has 0 aromatic carbocycles. The van der Waals surface area contributed by atoms with E-state index < -0.39 is 0 Å². The highest BCUT2D eigenvalue weighted by Gasteiger charge is 2.30. The molecular weight excluding hydrogens is 166 g/mol. The topological polar surface area (TPSA) is 37.4 Å². The van der Waals surface area contributed by atoms with E-state index in [9.17, 15) is 9.59 Å². The highest BCUT2D eigenvalue weighted by molar-refractivity contribution is 5.84. The van der Waals surface area contributed by atoms with Gasteiger partial charge in [-0.05, 0) is 40.3 Å². The van der Waals surface area contributed by atoms with Crippen molar-refractivity contribution in [2.75, 3.05) is 13.6 Å². The molecular formula is C10H17NO2. The maximum atomic E-state index is 11.2. The van der Waals surface area contributed by atoms with Crippen LogP contribution in [-0.2, 0) is 9.59 Å². The van der Waals surface area contributed by atoms with Gasteiger partial charge in [0.2, 0.25) is 0 Å². The van der Waals surface area contributed by atoms with Crippen molar-refractivity contribution in [1.82, 2.24) is 4.90 Å². The number of carbonyl (C=O) groups is 2. The van der Waals surface area contributed by atoms with Gasteiger partial charge in [-0.3, -0.25) is 14.5 Å². The number of rotatable bonds is 2. The summed E-state index contributed by atoms with van der Waals surface area (Å²) in [5, 5.41) is 0. The summed E-state index contributed by atoms with van der Waals surface area (Å²) in [7, 11) is 1.95. The fourth-order valence-corrected chi connectivity index (χ4v) is 1.93. The monoisotopic (exact) mass is 183 g/mol. The third kappa shape index (κ3) is 2.37. The highest BCUT2D eigenvalue weighted by Crippen LogP contribution is 2.22. The molecule has 3 nitrogen and oxygen atoms in total. The fourth-order valence-electron chi connectivity index (χ4n) is 1.93. The molecule has 0 aliphatic carbocycles. The minimum atomic E-state index is -0.0392. The van der Waals surface area contributed by atoms with Crippen LogP contribution >= 0.6 is 0 Å². The molecule has 0 amide bonds. The Balaban J connectivity index is 2.63. The predicted octanol–water partition coefficient (Wildman–Crippen LogP) is 0.875. The molecule has 74 valence electrons. The molecule has 0 saturated carbocycles. The van der Waals surface area contributed by atoms with Crippen molar-refractivity contribution in [2.45, 2.75) is 32.7 Å². The van der Waals surface area contributed by atoms with E-state index >= 15 is 0 Å². The van der Waals surface area contributed by atoms with Gasteiger partial charge < -0.3 is 0 Å². The van der Waals surface area contributed by atoms with Crippen LogP contribution in [0.15, 0.2) is 0 Å². The van der Waals surface area contributed by atoms with E-state index in [0.29, 0.717) is 6.42 Å². The Morgan fingerprint density at radius 2 is 1.85 bits per heavy atom. The number of likely N-dealkylation sites (tertiary alicyclic amines) is 1. The summed E-state index contributed by atoms with van der Waals surface area (Å²) in [6.07, 6.45) is 1.61. The van der Waals surface area contributed by atoms with Crippen LogP contribution < -0.4 is 0 Å². The van der Waals surface area contributed by atoms with Crippen LogP contribution in [0.3, 0.4) is 0 Å². The first-order valence-corrected chi connectivity index (χ1v) is 4.73. The second-order valence-corrected chi connectivity index (χ2v) is 3.94. The molecule has 2 atom stereocenters. The Labute approximate surface area is 79.1 Å². The minimum Gasteiger partial charge on any atom is -0.300 e. The lowest BCUT2D eigenvalue weighted by Gasteiger charge is -2.34. The van der Waals surface area contributed by atoms with Gasteiger partial charge in [0.25, 0.3) is 0 Å². The van der Waals surface area contributed by atoms with E-state index in [-0.39, 0.29) is 23.5 Å². The van der Waals surface area contributed by atoms with E-state index in [4.69, 9.17) is 0 Å². The number of nitrogens with zero attached hydrogens (tertiary/aromatic N) is 1. The zero-order valence-electron chi connectivity index (χ0n) is 8.54. The van der Waals surface area contributed by atoms with Crippen molar-refractivity contribution in [1.29, 1.82) is 0 Å². The van der Waals surface area contributed by atoms with Crippen molar-refractivity contribution < 1.29 is 9.59 Å². The number of likely N-dealkylation sites (N-methyl/N-ethyl adjacent to an activating group) is 1. The number of carbonyl (C=O) groups excluding carboxylic acids is 2. The number of hydrogen-bond acceptors (Lipinski definition) is 3. The summed E-state index contributed by atoms with van der Waals surface area (Å²) in [4.78, 5) is 24.4. The van der Waals surface area contributed by atoms with Crippen molar-refractivity contribution in [3.05, 3.63) is 0 Å². The van der Waals surface area contributed by atoms with Gasteiger partial charge in [0.1, 0.15) is 11.6 Å². The highest BCUT2D eigenvalue weighted by atomic mass is 16.1. The number of Topliss-reactive ketones (excluding diaryl/α,β-unsaturated/α-hetero) is 2. The first-order valence-electron chi connectivity index (χ1n) is 4.73. The Kier molecular flexibility index (Phi) is 3.20. The van der Waals surface area contributed by atoms with Gasteiger partial charge in [0.15, 0.2) is 0 Å². The first-order chi connectivity index (χ1) is 6.02. The van der Waals surface area contributed by atoms with Crippen LogP contribution in [0.1, 0.15) is 26.7 Å². The Bertz CT molecular complexity index is 225. The lowest BCUT2D eigenvalue weighted by Crippen LogP contribution is -2.45. The Morgan fingerprint density at radius 3 is 2.31 bits per heavy atom. The standard InChI is InChI=1S/C10H17NO2/c1-7(12)9-4-5-11(3)10(6-9)8(2)13/h9-10H,4-6H2,1-3H3. The zero-order chi connectivity index (χ0) is 10.0. The molecule has 0 aromatic rings. The van der Waals surface area contributed by atoms with E-state index in [1.165, 1.54) is 0 Å². The molecule has 2 unspecified atom stereocenters. The number of piperidine rings is 1. The molecule has 0 bridgehead atoms. The van der Waals surface area contributed by atoms with Crippen LogP contribution in [0.2, 0.25) is 0 Å². The average molecular weight is 183 g/mol. The molecule has 1 heterocycles. The second kappa shape index (κ2) is 4.01. The summed E-state index contributed by atoms with van der Waals surface area (Å²) in [5.41, 5.74) is 0. The van der Waals surface area contributed by atoms with E-state index in [1.54, 1.807) is 13.8 Å². The van der Waals surface area contributed by atoms with Crippen LogP contribution in [0.5, 0.6) is 0 Å². The molecule has 1 saturated heterocycles. The maximum Gasteiger partial charge on any atom is 0.146 e. The molecule has 13 heavy (non-hydrogen) atoms. The van der Waals surface area contributed by atoms with Crippen LogP contribution in [0, 0.1) is 5.92 Å². The summed E-state index contributed by atoms with van der Waals surface area (Å²) in [5.74, 6) is 0.498. The third-order valence-corrected chi connectivity index (χ3v) is 2.91. The summed E-state index contributed by atoms with van der Waals surface area (Å²) >= 11 is 0. The molecule has 1 rings (SSSR count). The normalized spacial score (nSPS) is 30.1. The van der Waals surface area contributed by atoms with Crippen molar-refractivity contribution in [3.8, 4) is 0 Å². The van der Waals surface area contributed by atoms with Gasteiger partial charge in [-0.25, -0.2) is 0 Å². The zero-order valence-corrected chi connectivity index (χ0v) is 8.54. The maximum absolute atomic E-state index is 11.2. The van der Waals surface area contributed by atoms with E-state index in [0.717, 1.165) is 13.0 Å². The smallest absolute Gasteiger partial charge is 0.146 e. The lowest BCUT2D eigenvalue weighted by atomic mass is 9.87. The molecule has 0 radical (unpaired) electrons. The summed E-state index contributed by atoms with van der Waals surface area (Å²) in [6.45, 7) is 4.07. The van der Waals surface area contributed by atoms with Gasteiger partial charge in [-0.1, -0.05) is 0 Å². The van der Waals surface area contributed by atoms with Crippen molar-refractivity contribution >= 4 is 11.6 Å². The number of hydrogen-bond donors (Lipinski definition) is 0. The van der Waals surface area contributed by atoms with Crippen LogP contribution in [0.4, 0.5) is 0 Å². The lowest BCUT2D eigenvalue weighted by molar-refractivity contribution is -0.127. The molecule has 1 aliphatic heterocycles. The van der Waals surface area contributed by atoms with Gasteiger partial charge >= 0.3 is 0 Å². The quantitative estimate of drug-likeness (QED) is 0.637. The van der Waals surface area contributed by atoms with Crippen LogP contribution in [0.25, 0.3) is 0 Å². The van der Waals surface area contributed by atoms with Crippen molar-refractivity contribution in [3.63, 3.8) is 0 Å². The average Bonchev–Trinajstić information content (AvgIpc) is 2.04. The third-order valence-electron chi connectivity index (χ3n) is 2.91. The minimum absolute atomic E-state index is 0.0392. The SMILES string of the molecule is CC(=O)C1CCN(C)C(C(C)=O)C1. The van der Waals surface area contributed by atoms with Gasteiger partial charge in [-0.2, -0.15) is 0 Å². The summed E-state index contributed by atoms with van der Waals surface area (Å²) < 4.78 is 0. The Hall–Kier alpha value is -0.700. The van der Waals surface area contributed by atoms with Gasteiger partial charge in [-0.15, -0.1) is 0 Å². The van der Waals surface area contributed by atoms with Gasteiger partial charge in [0, 0.05) is 5.92 Å². The Morgan fingerprint density at radius 1 is 1.23 bits per heavy atom. The van der Waals surface area contributed by atoms with E-state index in [1.807, 2.05) is 11.9 Å².